The molecule has 0 fully saturated rings. The van der Waals surface area contributed by atoms with E-state index in [0.29, 0.717) is 17.4 Å². The second-order valence-electron chi connectivity index (χ2n) is 4.94. The normalized spacial score (nSPS) is 11.0. The van der Waals surface area contributed by atoms with E-state index in [0.717, 1.165) is 0 Å². The minimum Gasteiger partial charge on any atom is -0.418 e. The molecule has 2 rings (SSSR count). The van der Waals surface area contributed by atoms with Crippen molar-refractivity contribution in [1.29, 1.82) is 0 Å². The molecule has 0 radical (unpaired) electrons. The monoisotopic (exact) mass is 324 g/mol. The Morgan fingerprint density at radius 3 is 1.62 bits per heavy atom. The van der Waals surface area contributed by atoms with Gasteiger partial charge in [0.15, 0.2) is 0 Å². The summed E-state index contributed by atoms with van der Waals surface area (Å²) in [5.74, 6) is -1.31. The lowest BCUT2D eigenvalue weighted by molar-refractivity contribution is -0.105. The van der Waals surface area contributed by atoms with Crippen LogP contribution >= 0.6 is 0 Å². The number of carbonyl (C=O) groups excluding carboxylic acids is 3. The van der Waals surface area contributed by atoms with Gasteiger partial charge in [-0.1, -0.05) is 36.4 Å². The summed E-state index contributed by atoms with van der Waals surface area (Å²) in [5, 5.41) is 0. The second kappa shape index (κ2) is 8.43. The summed E-state index contributed by atoms with van der Waals surface area (Å²) < 4.78 is 10.4. The molecule has 0 amide bonds. The fourth-order valence-electron chi connectivity index (χ4n) is 1.84. The van der Waals surface area contributed by atoms with Crippen molar-refractivity contribution >= 4 is 18.2 Å². The number of aldehydes is 1. The van der Waals surface area contributed by atoms with Crippen LogP contribution in [0.1, 0.15) is 27.6 Å². The molecule has 0 spiro atoms. The molecule has 0 atom stereocenters. The number of benzene rings is 2. The molecular weight excluding hydrogens is 308 g/mol. The Kier molecular flexibility index (Phi) is 6.02. The molecule has 0 N–H and O–H groups in total. The van der Waals surface area contributed by atoms with Crippen molar-refractivity contribution in [2.45, 2.75) is 13.2 Å². The maximum absolute atomic E-state index is 12.1. The standard InChI is InChI=1S/C19H16O5/c1-14(13-20)12-17(23-18(21)15-8-4-2-5-9-15)24-19(22)16-10-6-3-7-11-16/h2-13,17H,1H3/b14-12+. The lowest BCUT2D eigenvalue weighted by atomic mass is 10.2. The number of rotatable bonds is 6. The third kappa shape index (κ3) is 4.91. The summed E-state index contributed by atoms with van der Waals surface area (Å²) >= 11 is 0. The lowest BCUT2D eigenvalue weighted by Gasteiger charge is -2.15. The fourth-order valence-corrected chi connectivity index (χ4v) is 1.84. The third-order valence-electron chi connectivity index (χ3n) is 3.05. The Morgan fingerprint density at radius 1 is 0.833 bits per heavy atom. The van der Waals surface area contributed by atoms with E-state index in [2.05, 4.69) is 0 Å². The Labute approximate surface area is 139 Å². The van der Waals surface area contributed by atoms with E-state index in [1.807, 2.05) is 0 Å². The van der Waals surface area contributed by atoms with Crippen LogP contribution < -0.4 is 0 Å². The van der Waals surface area contributed by atoms with Crippen molar-refractivity contribution in [2.24, 2.45) is 0 Å². The van der Waals surface area contributed by atoms with Gasteiger partial charge in [0.1, 0.15) is 6.29 Å². The van der Waals surface area contributed by atoms with Crippen LogP contribution in [0.4, 0.5) is 0 Å². The van der Waals surface area contributed by atoms with E-state index < -0.39 is 18.2 Å². The average molecular weight is 324 g/mol. The quantitative estimate of drug-likeness (QED) is 0.353. The predicted molar refractivity (Wildman–Crippen MR) is 87.3 cm³/mol. The first-order valence-electron chi connectivity index (χ1n) is 7.26. The number of carbonyl (C=O) groups is 3. The summed E-state index contributed by atoms with van der Waals surface area (Å²) in [6.07, 6.45) is 0.560. The highest BCUT2D eigenvalue weighted by Crippen LogP contribution is 2.11. The zero-order valence-electron chi connectivity index (χ0n) is 13.0. The van der Waals surface area contributed by atoms with Crippen LogP contribution in [0.3, 0.4) is 0 Å². The summed E-state index contributed by atoms with van der Waals surface area (Å²) in [6.45, 7) is 1.52. The summed E-state index contributed by atoms with van der Waals surface area (Å²) in [6, 6.07) is 16.6. The molecule has 122 valence electrons. The minimum atomic E-state index is -1.30. The van der Waals surface area contributed by atoms with E-state index in [1.54, 1.807) is 60.7 Å². The van der Waals surface area contributed by atoms with E-state index in [1.165, 1.54) is 13.0 Å². The van der Waals surface area contributed by atoms with Gasteiger partial charge >= 0.3 is 11.9 Å². The fraction of sp³-hybridized carbons (Fsp3) is 0.105. The van der Waals surface area contributed by atoms with Gasteiger partial charge < -0.3 is 9.47 Å². The van der Waals surface area contributed by atoms with Gasteiger partial charge in [-0.05, 0) is 36.8 Å². The Balaban J connectivity index is 2.14. The summed E-state index contributed by atoms with van der Waals surface area (Å²) in [7, 11) is 0. The first-order valence-corrected chi connectivity index (χ1v) is 7.26. The number of ether oxygens (including phenoxy) is 2. The first kappa shape index (κ1) is 17.1. The van der Waals surface area contributed by atoms with E-state index >= 15 is 0 Å². The minimum absolute atomic E-state index is 0.279. The second-order valence-corrected chi connectivity index (χ2v) is 4.94. The molecule has 24 heavy (non-hydrogen) atoms. The van der Waals surface area contributed by atoms with Gasteiger partial charge in [-0.25, -0.2) is 9.59 Å². The molecule has 0 aliphatic heterocycles. The van der Waals surface area contributed by atoms with Crippen molar-refractivity contribution in [3.05, 3.63) is 83.4 Å². The molecule has 5 nitrogen and oxygen atoms in total. The molecule has 5 heteroatoms. The number of esters is 2. The van der Waals surface area contributed by atoms with Gasteiger partial charge in [-0.3, -0.25) is 4.79 Å². The third-order valence-corrected chi connectivity index (χ3v) is 3.05. The van der Waals surface area contributed by atoms with Gasteiger partial charge in [0.05, 0.1) is 11.1 Å². The van der Waals surface area contributed by atoms with Gasteiger partial charge in [0.2, 0.25) is 0 Å². The van der Waals surface area contributed by atoms with Gasteiger partial charge in [-0.15, -0.1) is 0 Å². The topological polar surface area (TPSA) is 69.7 Å². The lowest BCUT2D eigenvalue weighted by Crippen LogP contribution is -2.23. The van der Waals surface area contributed by atoms with Gasteiger partial charge in [0, 0.05) is 6.08 Å². The number of hydrogen-bond donors (Lipinski definition) is 0. The zero-order valence-corrected chi connectivity index (χ0v) is 13.0. The van der Waals surface area contributed by atoms with Crippen LogP contribution in [0.2, 0.25) is 0 Å². The van der Waals surface area contributed by atoms with Crippen molar-refractivity contribution in [1.82, 2.24) is 0 Å². The van der Waals surface area contributed by atoms with Crippen LogP contribution in [0, 0.1) is 0 Å². The van der Waals surface area contributed by atoms with Crippen molar-refractivity contribution in [3.63, 3.8) is 0 Å². The molecule has 0 aliphatic rings. The van der Waals surface area contributed by atoms with E-state index in [9.17, 15) is 14.4 Å². The van der Waals surface area contributed by atoms with Crippen molar-refractivity contribution in [2.75, 3.05) is 0 Å². The molecule has 0 heterocycles. The molecule has 0 aliphatic carbocycles. The Hall–Kier alpha value is -3.21. The highest BCUT2D eigenvalue weighted by molar-refractivity contribution is 5.91. The van der Waals surface area contributed by atoms with E-state index in [4.69, 9.17) is 9.47 Å². The first-order chi connectivity index (χ1) is 11.6. The predicted octanol–water partition coefficient (Wildman–Crippen LogP) is 3.17. The molecular formula is C19H16O5. The van der Waals surface area contributed by atoms with Crippen LogP contribution in [0.5, 0.6) is 0 Å². The maximum Gasteiger partial charge on any atom is 0.341 e. The zero-order chi connectivity index (χ0) is 17.4. The van der Waals surface area contributed by atoms with Crippen LogP contribution in [0.25, 0.3) is 0 Å². The van der Waals surface area contributed by atoms with Gasteiger partial charge in [-0.2, -0.15) is 0 Å². The van der Waals surface area contributed by atoms with Crippen LogP contribution in [0.15, 0.2) is 72.3 Å². The van der Waals surface area contributed by atoms with Crippen molar-refractivity contribution < 1.29 is 23.9 Å². The maximum atomic E-state index is 12.1. The largest absolute Gasteiger partial charge is 0.418 e. The molecule has 0 saturated heterocycles. The van der Waals surface area contributed by atoms with Gasteiger partial charge in [0.25, 0.3) is 6.29 Å². The van der Waals surface area contributed by atoms with Crippen LogP contribution in [-0.4, -0.2) is 24.5 Å². The smallest absolute Gasteiger partial charge is 0.341 e. The molecule has 0 unspecified atom stereocenters. The Morgan fingerprint density at radius 2 is 1.25 bits per heavy atom. The molecule has 2 aromatic rings. The van der Waals surface area contributed by atoms with E-state index in [-0.39, 0.29) is 5.57 Å². The molecule has 0 aromatic heterocycles. The highest BCUT2D eigenvalue weighted by atomic mass is 16.7. The highest BCUT2D eigenvalue weighted by Gasteiger charge is 2.19. The summed E-state index contributed by atoms with van der Waals surface area (Å²) in [5.41, 5.74) is 0.910. The summed E-state index contributed by atoms with van der Waals surface area (Å²) in [4.78, 5) is 35.0. The average Bonchev–Trinajstić information content (AvgIpc) is 2.62. The Bertz CT molecular complexity index is 681. The molecule has 0 bridgehead atoms. The number of allylic oxidation sites excluding steroid dienone is 1. The molecule has 0 saturated carbocycles. The molecule has 2 aromatic carbocycles. The van der Waals surface area contributed by atoms with Crippen LogP contribution in [-0.2, 0) is 14.3 Å². The van der Waals surface area contributed by atoms with Crippen molar-refractivity contribution in [3.8, 4) is 0 Å². The SMILES string of the molecule is C/C(C=O)=C\C(OC(=O)c1ccccc1)OC(=O)c1ccccc1. The number of hydrogen-bond acceptors (Lipinski definition) is 5.